The molecule has 11 heavy (non-hydrogen) atoms. The number of hydrogen-bond acceptors (Lipinski definition) is 1. The lowest BCUT2D eigenvalue weighted by Crippen LogP contribution is -2.01. The highest BCUT2D eigenvalue weighted by Crippen LogP contribution is 2.56. The zero-order valence-electron chi connectivity index (χ0n) is 6.67. The third kappa shape index (κ3) is 2.63. The van der Waals surface area contributed by atoms with Gasteiger partial charge in [0.25, 0.3) is 0 Å². The van der Waals surface area contributed by atoms with Crippen molar-refractivity contribution < 1.29 is 0 Å². The molecule has 1 atom stereocenters. The van der Waals surface area contributed by atoms with Crippen LogP contribution in [-0.4, -0.2) is 18.5 Å². The van der Waals surface area contributed by atoms with Crippen molar-refractivity contribution in [3.63, 3.8) is 0 Å². The van der Waals surface area contributed by atoms with E-state index in [1.807, 2.05) is 6.92 Å². The summed E-state index contributed by atoms with van der Waals surface area (Å²) in [5, 5.41) is 8.50. The minimum atomic E-state index is -1.53. The highest BCUT2D eigenvalue weighted by molar-refractivity contribution is 7.81. The van der Waals surface area contributed by atoms with E-state index in [0.717, 1.165) is 6.16 Å². The smallest absolute Gasteiger partial charge is 0.158 e. The number of hydrogen-bond donors (Lipinski definition) is 0. The molecule has 0 saturated carbocycles. The number of terminal acetylenes is 2. The first-order chi connectivity index (χ1) is 5.24. The van der Waals surface area contributed by atoms with Gasteiger partial charge in [0, 0.05) is 0 Å². The summed E-state index contributed by atoms with van der Waals surface area (Å²) in [6, 6.07) is 2.11. The van der Waals surface area contributed by atoms with E-state index in [1.54, 1.807) is 0 Å². The zero-order chi connectivity index (χ0) is 8.74. The Hall–Kier alpha value is -0.960. The van der Waals surface area contributed by atoms with Crippen LogP contribution in [0.5, 0.6) is 0 Å². The summed E-state index contributed by atoms with van der Waals surface area (Å²) >= 11 is 0. The van der Waals surface area contributed by atoms with Gasteiger partial charge >= 0.3 is 0 Å². The van der Waals surface area contributed by atoms with Crippen LogP contribution in [0.2, 0.25) is 0 Å². The van der Waals surface area contributed by atoms with Crippen molar-refractivity contribution in [1.82, 2.24) is 0 Å². The second kappa shape index (κ2) is 4.79. The molecule has 0 N–H and O–H groups in total. The van der Waals surface area contributed by atoms with Crippen LogP contribution in [0.15, 0.2) is 0 Å². The van der Waals surface area contributed by atoms with Crippen molar-refractivity contribution in [1.29, 1.82) is 5.26 Å². The average molecular weight is 164 g/mol. The molecule has 0 bridgehead atoms. The summed E-state index contributed by atoms with van der Waals surface area (Å²) in [6.45, 7) is 2.00. The molecule has 1 nitrogen and oxygen atoms in total. The molecular weight excluding hydrogens is 153 g/mol. The van der Waals surface area contributed by atoms with E-state index >= 15 is 0 Å². The van der Waals surface area contributed by atoms with Crippen LogP contribution < -0.4 is 0 Å². The maximum Gasteiger partial charge on any atom is 0.158 e. The van der Waals surface area contributed by atoms with Crippen LogP contribution in [0.3, 0.4) is 0 Å². The first-order valence-corrected chi connectivity index (χ1v) is 5.73. The molecule has 0 aromatic rings. The molecule has 0 rings (SSSR count). The maximum absolute atomic E-state index is 8.50. The van der Waals surface area contributed by atoms with Crippen molar-refractivity contribution in [2.75, 3.05) is 18.5 Å². The van der Waals surface area contributed by atoms with Gasteiger partial charge in [-0.2, -0.15) is 5.26 Å². The Morgan fingerprint density at radius 1 is 1.36 bits per heavy atom. The molecule has 0 amide bonds. The summed E-state index contributed by atoms with van der Waals surface area (Å²) in [5.41, 5.74) is 2.71. The van der Waals surface area contributed by atoms with E-state index in [-0.39, 0.29) is 0 Å². The molecule has 0 spiro atoms. The first kappa shape index (κ1) is 10.0. The lowest BCUT2D eigenvalue weighted by molar-refractivity contribution is 1.42. The summed E-state index contributed by atoms with van der Waals surface area (Å²) in [6.07, 6.45) is 12.5. The largest absolute Gasteiger partial charge is 0.194 e. The second-order valence-corrected chi connectivity index (χ2v) is 6.08. The monoisotopic (exact) mass is 164 g/mol. The Labute approximate surface area is 69.1 Å². The molecule has 0 aromatic carbocycles. The van der Waals surface area contributed by atoms with Crippen molar-refractivity contribution >= 4 is 7.26 Å². The molecular formula is C9H11NP+. The fourth-order valence-corrected chi connectivity index (χ4v) is 2.32. The summed E-state index contributed by atoms with van der Waals surface area (Å²) < 4.78 is 0. The lowest BCUT2D eigenvalue weighted by atomic mass is 10.8. The topological polar surface area (TPSA) is 23.8 Å². The molecule has 0 aromatic heterocycles. The van der Waals surface area contributed by atoms with Crippen LogP contribution in [0.1, 0.15) is 6.92 Å². The van der Waals surface area contributed by atoms with Gasteiger partial charge in [-0.15, -0.1) is 6.42 Å². The molecule has 0 saturated heterocycles. The van der Waals surface area contributed by atoms with Crippen molar-refractivity contribution in [3.8, 4) is 30.5 Å². The van der Waals surface area contributed by atoms with E-state index in [0.29, 0.717) is 12.3 Å². The zero-order valence-corrected chi connectivity index (χ0v) is 7.56. The molecule has 0 aliphatic rings. The molecule has 0 radical (unpaired) electrons. The van der Waals surface area contributed by atoms with Gasteiger partial charge in [0.05, 0.1) is 11.8 Å². The molecule has 2 heteroatoms. The highest BCUT2D eigenvalue weighted by atomic mass is 31.2. The molecule has 1 unspecified atom stereocenters. The van der Waals surface area contributed by atoms with Gasteiger partial charge in [0.1, 0.15) is 19.5 Å². The minimum absolute atomic E-state index is 0.462. The van der Waals surface area contributed by atoms with Crippen molar-refractivity contribution in [2.24, 2.45) is 0 Å². The van der Waals surface area contributed by atoms with Gasteiger partial charge in [0.2, 0.25) is 0 Å². The average Bonchev–Trinajstić information content (AvgIpc) is 2.04. The fourth-order valence-electron chi connectivity index (χ4n) is 0.772. The van der Waals surface area contributed by atoms with Crippen LogP contribution in [-0.2, 0) is 0 Å². The van der Waals surface area contributed by atoms with E-state index in [1.165, 1.54) is 0 Å². The summed E-state index contributed by atoms with van der Waals surface area (Å²) in [7, 11) is -1.53. The predicted octanol–water partition coefficient (Wildman–Crippen LogP) is 1.77. The standard InChI is InChI=1S/C9H11NP/c1-4-8-11(5-2,6-3)9-7-10/h1-2H,6,8-9H2,3H3/q+1. The Morgan fingerprint density at radius 3 is 2.27 bits per heavy atom. The third-order valence-electron chi connectivity index (χ3n) is 1.65. The Morgan fingerprint density at radius 2 is 2.00 bits per heavy atom. The quantitative estimate of drug-likeness (QED) is 0.460. The second-order valence-electron chi connectivity index (χ2n) is 2.27. The van der Waals surface area contributed by atoms with Gasteiger partial charge in [-0.3, -0.25) is 0 Å². The fraction of sp³-hybridized carbons (Fsp3) is 0.444. The summed E-state index contributed by atoms with van der Waals surface area (Å²) in [4.78, 5) is 0. The van der Waals surface area contributed by atoms with Gasteiger partial charge in [-0.1, -0.05) is 12.3 Å². The lowest BCUT2D eigenvalue weighted by Gasteiger charge is -2.11. The normalized spacial score (nSPS) is 13.6. The minimum Gasteiger partial charge on any atom is -0.194 e. The molecule has 0 aliphatic heterocycles. The number of nitriles is 1. The third-order valence-corrected chi connectivity index (χ3v) is 4.94. The van der Waals surface area contributed by atoms with E-state index in [2.05, 4.69) is 17.7 Å². The number of rotatable bonds is 3. The SMILES string of the molecule is C#CC[P+](C#C)(CC)CC#N. The Bertz CT molecular complexity index is 220. The maximum atomic E-state index is 8.50. The van der Waals surface area contributed by atoms with Crippen molar-refractivity contribution in [3.05, 3.63) is 0 Å². The van der Waals surface area contributed by atoms with Gasteiger partial charge in [-0.05, 0) is 6.92 Å². The molecule has 56 valence electrons. The first-order valence-electron chi connectivity index (χ1n) is 3.39. The van der Waals surface area contributed by atoms with Gasteiger partial charge in [0.15, 0.2) is 6.16 Å². The van der Waals surface area contributed by atoms with Crippen LogP contribution in [0.25, 0.3) is 0 Å². The predicted molar refractivity (Wildman–Crippen MR) is 50.5 cm³/mol. The van der Waals surface area contributed by atoms with Crippen molar-refractivity contribution in [2.45, 2.75) is 6.92 Å². The van der Waals surface area contributed by atoms with E-state index < -0.39 is 7.26 Å². The molecule has 0 aliphatic carbocycles. The molecule has 0 heterocycles. The van der Waals surface area contributed by atoms with Gasteiger partial charge < -0.3 is 0 Å². The number of nitrogens with zero attached hydrogens (tertiary/aromatic N) is 1. The van der Waals surface area contributed by atoms with E-state index in [9.17, 15) is 0 Å². The summed E-state index contributed by atoms with van der Waals surface area (Å²) in [5.74, 6) is 2.55. The molecule has 0 fully saturated rings. The van der Waals surface area contributed by atoms with E-state index in [4.69, 9.17) is 18.1 Å². The van der Waals surface area contributed by atoms with Crippen LogP contribution in [0.4, 0.5) is 0 Å². The Kier molecular flexibility index (Phi) is 4.38. The highest BCUT2D eigenvalue weighted by Gasteiger charge is 2.32. The van der Waals surface area contributed by atoms with Gasteiger partial charge in [-0.25, -0.2) is 0 Å². The van der Waals surface area contributed by atoms with Crippen LogP contribution in [0, 0.1) is 35.8 Å². The Balaban J connectivity index is 4.41. The van der Waals surface area contributed by atoms with Crippen LogP contribution >= 0.6 is 7.26 Å².